The molecule has 116 valence electrons. The number of nitrogens with zero attached hydrogens (tertiary/aromatic N) is 5. The number of halogens is 2. The molecule has 0 amide bonds. The fourth-order valence-electron chi connectivity index (χ4n) is 2.39. The molecule has 2 aromatic heterocycles. The minimum Gasteiger partial charge on any atom is -0.279 e. The number of hydrogen-bond donors (Lipinski definition) is 0. The summed E-state index contributed by atoms with van der Waals surface area (Å²) in [6, 6.07) is 0. The van der Waals surface area contributed by atoms with Crippen LogP contribution in [0.1, 0.15) is 0 Å². The van der Waals surface area contributed by atoms with Crippen LogP contribution in [0.4, 0.5) is 0 Å². The van der Waals surface area contributed by atoms with Crippen LogP contribution in [0.5, 0.6) is 0 Å². The highest BCUT2D eigenvalue weighted by atomic mass is 35.5. The molecule has 0 bridgehead atoms. The second-order valence-corrected chi connectivity index (χ2v) is 6.14. The minimum absolute atomic E-state index is 0.258. The lowest BCUT2D eigenvalue weighted by molar-refractivity contribution is -0.489. The van der Waals surface area contributed by atoms with Crippen LogP contribution in [-0.4, -0.2) is 40.2 Å². The fraction of sp³-hybridized carbons (Fsp3) is 0.385. The van der Waals surface area contributed by atoms with E-state index >= 15 is 0 Å². The van der Waals surface area contributed by atoms with Crippen molar-refractivity contribution in [2.45, 2.75) is 17.4 Å². The molecular weight excluding hydrogens is 329 g/mol. The molecule has 9 heteroatoms. The third kappa shape index (κ3) is 2.30. The van der Waals surface area contributed by atoms with E-state index in [2.05, 4.69) is 4.98 Å². The zero-order valence-electron chi connectivity index (χ0n) is 12.0. The van der Waals surface area contributed by atoms with Gasteiger partial charge in [-0.2, -0.15) is 4.58 Å². The quantitative estimate of drug-likeness (QED) is 0.579. The second kappa shape index (κ2) is 5.40. The van der Waals surface area contributed by atoms with Gasteiger partial charge in [0, 0.05) is 14.1 Å². The molecule has 0 fully saturated rings. The highest BCUT2D eigenvalue weighted by molar-refractivity contribution is 6.36. The molecule has 2 unspecified atom stereocenters. The normalized spacial score (nSPS) is 21.4. The van der Waals surface area contributed by atoms with E-state index in [1.807, 2.05) is 4.58 Å². The van der Waals surface area contributed by atoms with Gasteiger partial charge >= 0.3 is 5.69 Å². The van der Waals surface area contributed by atoms with Crippen LogP contribution in [0.25, 0.3) is 11.2 Å². The van der Waals surface area contributed by atoms with Crippen LogP contribution in [0.2, 0.25) is 0 Å². The van der Waals surface area contributed by atoms with Gasteiger partial charge in [0.2, 0.25) is 6.67 Å². The molecule has 2 atom stereocenters. The molecule has 0 spiro atoms. The predicted molar refractivity (Wildman–Crippen MR) is 85.0 cm³/mol. The van der Waals surface area contributed by atoms with Gasteiger partial charge in [0.1, 0.15) is 11.7 Å². The molecule has 0 aliphatic carbocycles. The third-order valence-corrected chi connectivity index (χ3v) is 4.56. The summed E-state index contributed by atoms with van der Waals surface area (Å²) < 4.78 is 5.91. The van der Waals surface area contributed by atoms with Crippen molar-refractivity contribution < 1.29 is 4.58 Å². The standard InChI is InChI=1S/C13H14Cl2N5O2/c1-17-11-10(12(21)18(2)13(17)22)20(6-16-11)7-19-4-3-8(14)9(15)5-19/h3-6,8-9H,7H2,1-2H3/q+1. The smallest absolute Gasteiger partial charge is 0.279 e. The van der Waals surface area contributed by atoms with Crippen molar-refractivity contribution in [1.29, 1.82) is 0 Å². The highest BCUT2D eigenvalue weighted by Crippen LogP contribution is 2.14. The first kappa shape index (κ1) is 15.1. The van der Waals surface area contributed by atoms with E-state index in [1.54, 1.807) is 30.1 Å². The van der Waals surface area contributed by atoms with Crippen molar-refractivity contribution in [2.75, 3.05) is 0 Å². The van der Waals surface area contributed by atoms with Crippen LogP contribution < -0.4 is 11.2 Å². The largest absolute Gasteiger partial charge is 0.332 e. The third-order valence-electron chi connectivity index (χ3n) is 3.63. The lowest BCUT2D eigenvalue weighted by Gasteiger charge is -2.11. The van der Waals surface area contributed by atoms with E-state index < -0.39 is 5.69 Å². The average molecular weight is 343 g/mol. The van der Waals surface area contributed by atoms with Crippen molar-refractivity contribution in [3.05, 3.63) is 39.4 Å². The molecule has 7 nitrogen and oxygen atoms in total. The fourth-order valence-corrected chi connectivity index (χ4v) is 2.75. The SMILES string of the molecule is Cn1c(=O)c2c(ncn2C[N+]2=CC(Cl)C(Cl)C=C2)n(C)c1=O. The highest BCUT2D eigenvalue weighted by Gasteiger charge is 2.23. The van der Waals surface area contributed by atoms with Crippen LogP contribution in [0, 0.1) is 0 Å². The maximum Gasteiger partial charge on any atom is 0.332 e. The van der Waals surface area contributed by atoms with Gasteiger partial charge in [-0.3, -0.25) is 18.5 Å². The number of aromatic nitrogens is 4. The predicted octanol–water partition coefficient (Wildman–Crippen LogP) is 0.217. The lowest BCUT2D eigenvalue weighted by atomic mass is 10.2. The Labute approximate surface area is 135 Å². The number of fused-ring (bicyclic) bond motifs is 1. The summed E-state index contributed by atoms with van der Waals surface area (Å²) in [5.74, 6) is 0. The summed E-state index contributed by atoms with van der Waals surface area (Å²) in [4.78, 5) is 28.4. The van der Waals surface area contributed by atoms with E-state index in [-0.39, 0.29) is 16.3 Å². The zero-order chi connectivity index (χ0) is 16.0. The zero-order valence-corrected chi connectivity index (χ0v) is 13.5. The average Bonchev–Trinajstić information content (AvgIpc) is 2.90. The molecule has 22 heavy (non-hydrogen) atoms. The Morgan fingerprint density at radius 1 is 1.23 bits per heavy atom. The van der Waals surface area contributed by atoms with E-state index in [9.17, 15) is 9.59 Å². The number of aryl methyl sites for hydroxylation is 1. The van der Waals surface area contributed by atoms with Gasteiger partial charge in [-0.1, -0.05) is 0 Å². The first-order valence-corrected chi connectivity index (χ1v) is 7.45. The molecule has 0 saturated carbocycles. The van der Waals surface area contributed by atoms with E-state index in [0.29, 0.717) is 17.8 Å². The summed E-state index contributed by atoms with van der Waals surface area (Å²) in [6.45, 7) is 0.354. The van der Waals surface area contributed by atoms with Gasteiger partial charge in [-0.15, -0.1) is 23.2 Å². The minimum atomic E-state index is -0.405. The first-order chi connectivity index (χ1) is 10.4. The first-order valence-electron chi connectivity index (χ1n) is 6.58. The second-order valence-electron chi connectivity index (χ2n) is 5.13. The number of allylic oxidation sites excluding steroid dienone is 1. The van der Waals surface area contributed by atoms with Crippen molar-refractivity contribution >= 4 is 40.6 Å². The van der Waals surface area contributed by atoms with Gasteiger partial charge in [0.05, 0.1) is 5.38 Å². The summed E-state index contributed by atoms with van der Waals surface area (Å²) in [7, 11) is 3.03. The summed E-state index contributed by atoms with van der Waals surface area (Å²) in [5.41, 5.74) is -0.0653. The van der Waals surface area contributed by atoms with Crippen molar-refractivity contribution in [3.8, 4) is 0 Å². The van der Waals surface area contributed by atoms with Crippen molar-refractivity contribution in [1.82, 2.24) is 18.7 Å². The molecule has 1 aliphatic heterocycles. The summed E-state index contributed by atoms with van der Waals surface area (Å²) >= 11 is 12.1. The number of hydrogen-bond acceptors (Lipinski definition) is 3. The van der Waals surface area contributed by atoms with Gasteiger partial charge in [-0.05, 0) is 6.08 Å². The molecule has 3 heterocycles. The van der Waals surface area contributed by atoms with E-state index in [0.717, 1.165) is 4.57 Å². The molecule has 3 rings (SSSR count). The maximum atomic E-state index is 12.3. The Hall–Kier alpha value is -1.86. The molecule has 0 saturated heterocycles. The van der Waals surface area contributed by atoms with Crippen molar-refractivity contribution in [3.63, 3.8) is 0 Å². The van der Waals surface area contributed by atoms with E-state index in [4.69, 9.17) is 23.2 Å². The Morgan fingerprint density at radius 2 is 1.95 bits per heavy atom. The summed E-state index contributed by atoms with van der Waals surface area (Å²) in [5, 5.41) is -0.584. The van der Waals surface area contributed by atoms with Gasteiger partial charge in [0.25, 0.3) is 5.56 Å². The van der Waals surface area contributed by atoms with Gasteiger partial charge < -0.3 is 0 Å². The van der Waals surface area contributed by atoms with Crippen LogP contribution in [0.15, 0.2) is 28.2 Å². The number of alkyl halides is 2. The summed E-state index contributed by atoms with van der Waals surface area (Å²) in [6.07, 6.45) is 6.89. The van der Waals surface area contributed by atoms with E-state index in [1.165, 1.54) is 17.9 Å². The molecule has 0 radical (unpaired) electrons. The molecule has 0 aromatic carbocycles. The molecular formula is C13H14Cl2N5O2+. The Kier molecular flexibility index (Phi) is 3.70. The Bertz CT molecular complexity index is 921. The van der Waals surface area contributed by atoms with Gasteiger partial charge in [-0.25, -0.2) is 9.78 Å². The van der Waals surface area contributed by atoms with Crippen LogP contribution in [0.3, 0.4) is 0 Å². The van der Waals surface area contributed by atoms with Crippen LogP contribution in [-0.2, 0) is 20.8 Å². The lowest BCUT2D eigenvalue weighted by Crippen LogP contribution is -2.38. The molecule has 2 aromatic rings. The number of rotatable bonds is 2. The Morgan fingerprint density at radius 3 is 2.64 bits per heavy atom. The molecule has 0 N–H and O–H groups in total. The molecule has 1 aliphatic rings. The van der Waals surface area contributed by atoms with Gasteiger partial charge in [0.15, 0.2) is 23.6 Å². The maximum absolute atomic E-state index is 12.3. The topological polar surface area (TPSA) is 64.8 Å². The van der Waals surface area contributed by atoms with Crippen LogP contribution >= 0.6 is 23.2 Å². The number of imidazole rings is 1. The monoisotopic (exact) mass is 342 g/mol. The van der Waals surface area contributed by atoms with Crippen molar-refractivity contribution in [2.24, 2.45) is 14.1 Å². The Balaban J connectivity index is 2.11.